The Kier molecular flexibility index (Phi) is 5.74. The van der Waals surface area contributed by atoms with E-state index in [1.54, 1.807) is 25.2 Å². The Morgan fingerprint density at radius 3 is 2.43 bits per heavy atom. The van der Waals surface area contributed by atoms with E-state index in [4.69, 9.17) is 9.84 Å². The maximum Gasteiger partial charge on any atom is 0.414 e. The largest absolute Gasteiger partial charge is 0.481 e. The first kappa shape index (κ1) is 16.5. The Labute approximate surface area is 135 Å². The maximum atomic E-state index is 12.1. The SMILES string of the molecule is CN(C(=O)OCc1ccccc1)c1cccc(CCC(=O)O)c1. The molecule has 0 aromatic heterocycles. The van der Waals surface area contributed by atoms with Gasteiger partial charge < -0.3 is 9.84 Å². The van der Waals surface area contributed by atoms with Gasteiger partial charge in [-0.05, 0) is 29.7 Å². The molecule has 0 aliphatic rings. The average molecular weight is 313 g/mol. The lowest BCUT2D eigenvalue weighted by Crippen LogP contribution is -2.27. The summed E-state index contributed by atoms with van der Waals surface area (Å²) in [5, 5.41) is 8.74. The summed E-state index contributed by atoms with van der Waals surface area (Å²) in [5.74, 6) is -0.842. The zero-order valence-corrected chi connectivity index (χ0v) is 12.9. The Morgan fingerprint density at radius 2 is 1.74 bits per heavy atom. The van der Waals surface area contributed by atoms with Crippen molar-refractivity contribution in [3.63, 3.8) is 0 Å². The summed E-state index contributed by atoms with van der Waals surface area (Å²) in [7, 11) is 1.63. The van der Waals surface area contributed by atoms with Crippen LogP contribution in [0.5, 0.6) is 0 Å². The van der Waals surface area contributed by atoms with Gasteiger partial charge in [-0.25, -0.2) is 4.79 Å². The number of carboxylic acid groups (broad SMARTS) is 1. The summed E-state index contributed by atoms with van der Waals surface area (Å²) < 4.78 is 5.28. The van der Waals surface area contributed by atoms with Crippen molar-refractivity contribution in [1.29, 1.82) is 0 Å². The zero-order valence-electron chi connectivity index (χ0n) is 12.9. The zero-order chi connectivity index (χ0) is 16.7. The van der Waals surface area contributed by atoms with E-state index in [1.807, 2.05) is 36.4 Å². The summed E-state index contributed by atoms with van der Waals surface area (Å²) >= 11 is 0. The van der Waals surface area contributed by atoms with Gasteiger partial charge in [0.25, 0.3) is 0 Å². The number of carbonyl (C=O) groups excluding carboxylic acids is 1. The highest BCUT2D eigenvalue weighted by molar-refractivity contribution is 5.87. The molecule has 0 radical (unpaired) electrons. The van der Waals surface area contributed by atoms with Gasteiger partial charge in [0, 0.05) is 19.2 Å². The van der Waals surface area contributed by atoms with Gasteiger partial charge in [0.05, 0.1) is 0 Å². The van der Waals surface area contributed by atoms with E-state index in [0.717, 1.165) is 11.1 Å². The maximum absolute atomic E-state index is 12.1. The Bertz CT molecular complexity index is 670. The van der Waals surface area contributed by atoms with Crippen LogP contribution in [0.1, 0.15) is 17.5 Å². The molecule has 0 heterocycles. The molecule has 0 unspecified atom stereocenters. The molecule has 2 rings (SSSR count). The second-order valence-corrected chi connectivity index (χ2v) is 5.16. The van der Waals surface area contributed by atoms with Gasteiger partial charge in [-0.15, -0.1) is 0 Å². The second kappa shape index (κ2) is 7.98. The van der Waals surface area contributed by atoms with Crippen molar-refractivity contribution in [2.45, 2.75) is 19.4 Å². The Balaban J connectivity index is 1.96. The molecule has 2 aromatic rings. The molecular weight excluding hydrogens is 294 g/mol. The number of hydrogen-bond acceptors (Lipinski definition) is 3. The van der Waals surface area contributed by atoms with E-state index < -0.39 is 12.1 Å². The van der Waals surface area contributed by atoms with Crippen LogP contribution in [0, 0.1) is 0 Å². The molecule has 0 atom stereocenters. The molecule has 5 nitrogen and oxygen atoms in total. The molecule has 0 aliphatic heterocycles. The highest BCUT2D eigenvalue weighted by Crippen LogP contribution is 2.17. The molecule has 23 heavy (non-hydrogen) atoms. The topological polar surface area (TPSA) is 66.8 Å². The number of rotatable bonds is 6. The summed E-state index contributed by atoms with van der Waals surface area (Å²) in [6.45, 7) is 0.211. The predicted octanol–water partition coefficient (Wildman–Crippen LogP) is 3.48. The van der Waals surface area contributed by atoms with Gasteiger partial charge in [0.15, 0.2) is 0 Å². The van der Waals surface area contributed by atoms with Crippen LogP contribution in [0.3, 0.4) is 0 Å². The summed E-state index contributed by atoms with van der Waals surface area (Å²) in [6, 6.07) is 16.7. The summed E-state index contributed by atoms with van der Waals surface area (Å²) in [6.07, 6.45) is 0.0334. The number of aliphatic carboxylic acids is 1. The third-order valence-corrected chi connectivity index (χ3v) is 3.40. The first-order valence-corrected chi connectivity index (χ1v) is 7.31. The molecule has 2 aromatic carbocycles. The molecule has 0 aliphatic carbocycles. The van der Waals surface area contributed by atoms with E-state index in [0.29, 0.717) is 12.1 Å². The van der Waals surface area contributed by atoms with Crippen molar-refractivity contribution in [3.8, 4) is 0 Å². The number of ether oxygens (including phenoxy) is 1. The molecule has 0 bridgehead atoms. The average Bonchev–Trinajstić information content (AvgIpc) is 2.58. The number of benzene rings is 2. The minimum Gasteiger partial charge on any atom is -0.481 e. The normalized spacial score (nSPS) is 10.1. The van der Waals surface area contributed by atoms with Crippen molar-refractivity contribution >= 4 is 17.7 Å². The van der Waals surface area contributed by atoms with Gasteiger partial charge in [0.1, 0.15) is 6.61 Å². The van der Waals surface area contributed by atoms with Gasteiger partial charge in [-0.3, -0.25) is 9.69 Å². The van der Waals surface area contributed by atoms with Crippen LogP contribution in [0.2, 0.25) is 0 Å². The van der Waals surface area contributed by atoms with Crippen molar-refractivity contribution in [2.24, 2.45) is 0 Å². The van der Waals surface area contributed by atoms with Crippen LogP contribution in [0.15, 0.2) is 54.6 Å². The highest BCUT2D eigenvalue weighted by Gasteiger charge is 2.13. The molecule has 0 fully saturated rings. The number of nitrogens with zero attached hydrogens (tertiary/aromatic N) is 1. The fourth-order valence-corrected chi connectivity index (χ4v) is 2.09. The van der Waals surface area contributed by atoms with Crippen LogP contribution in [-0.2, 0) is 22.6 Å². The third-order valence-electron chi connectivity index (χ3n) is 3.40. The van der Waals surface area contributed by atoms with Crippen molar-refractivity contribution in [2.75, 3.05) is 11.9 Å². The van der Waals surface area contributed by atoms with Crippen molar-refractivity contribution in [1.82, 2.24) is 0 Å². The van der Waals surface area contributed by atoms with E-state index >= 15 is 0 Å². The lowest BCUT2D eigenvalue weighted by Gasteiger charge is -2.18. The fraction of sp³-hybridized carbons (Fsp3) is 0.222. The smallest absolute Gasteiger partial charge is 0.414 e. The third kappa shape index (κ3) is 5.14. The first-order valence-electron chi connectivity index (χ1n) is 7.31. The number of carboxylic acids is 1. The molecular formula is C18H19NO4. The first-order chi connectivity index (χ1) is 11.1. The van der Waals surface area contributed by atoms with E-state index in [9.17, 15) is 9.59 Å². The molecule has 0 saturated carbocycles. The van der Waals surface area contributed by atoms with Gasteiger partial charge in [-0.2, -0.15) is 0 Å². The molecule has 1 N–H and O–H groups in total. The fourth-order valence-electron chi connectivity index (χ4n) is 2.09. The predicted molar refractivity (Wildman–Crippen MR) is 87.4 cm³/mol. The molecule has 1 amide bonds. The summed E-state index contributed by atoms with van der Waals surface area (Å²) in [4.78, 5) is 24.1. The van der Waals surface area contributed by atoms with Crippen molar-refractivity contribution in [3.05, 3.63) is 65.7 Å². The molecule has 0 saturated heterocycles. The molecule has 120 valence electrons. The Hall–Kier alpha value is -2.82. The van der Waals surface area contributed by atoms with Gasteiger partial charge >= 0.3 is 12.1 Å². The van der Waals surface area contributed by atoms with Crippen LogP contribution < -0.4 is 4.90 Å². The van der Waals surface area contributed by atoms with Crippen LogP contribution >= 0.6 is 0 Å². The number of carbonyl (C=O) groups is 2. The summed E-state index contributed by atoms with van der Waals surface area (Å²) in [5.41, 5.74) is 2.46. The highest BCUT2D eigenvalue weighted by atomic mass is 16.6. The van der Waals surface area contributed by atoms with Gasteiger partial charge in [-0.1, -0.05) is 42.5 Å². The van der Waals surface area contributed by atoms with E-state index in [2.05, 4.69) is 0 Å². The molecule has 0 spiro atoms. The Morgan fingerprint density at radius 1 is 1.04 bits per heavy atom. The van der Waals surface area contributed by atoms with Crippen LogP contribution in [0.25, 0.3) is 0 Å². The minimum atomic E-state index is -0.842. The minimum absolute atomic E-state index is 0.0611. The number of amides is 1. The second-order valence-electron chi connectivity index (χ2n) is 5.16. The quantitative estimate of drug-likeness (QED) is 0.886. The van der Waals surface area contributed by atoms with E-state index in [-0.39, 0.29) is 13.0 Å². The van der Waals surface area contributed by atoms with Crippen molar-refractivity contribution < 1.29 is 19.4 Å². The van der Waals surface area contributed by atoms with E-state index in [1.165, 1.54) is 4.90 Å². The number of hydrogen-bond donors (Lipinski definition) is 1. The lowest BCUT2D eigenvalue weighted by atomic mass is 10.1. The standard InChI is InChI=1S/C18H19NO4/c1-19(18(22)23-13-15-6-3-2-4-7-15)16-9-5-8-14(12-16)10-11-17(20)21/h2-9,12H,10-11,13H2,1H3,(H,20,21). The molecule has 5 heteroatoms. The lowest BCUT2D eigenvalue weighted by molar-refractivity contribution is -0.136. The monoisotopic (exact) mass is 313 g/mol. The van der Waals surface area contributed by atoms with Gasteiger partial charge in [0.2, 0.25) is 0 Å². The van der Waals surface area contributed by atoms with Crippen LogP contribution in [0.4, 0.5) is 10.5 Å². The number of anilines is 1. The van der Waals surface area contributed by atoms with Crippen LogP contribution in [-0.4, -0.2) is 24.2 Å². The number of aryl methyl sites for hydroxylation is 1.